The topological polar surface area (TPSA) is 93.2 Å². The van der Waals surface area contributed by atoms with Crippen LogP contribution in [0.25, 0.3) is 0 Å². The van der Waals surface area contributed by atoms with E-state index in [1.54, 1.807) is 43.2 Å². The average Bonchev–Trinajstić information content (AvgIpc) is 2.84. The number of hydrogen-bond acceptors (Lipinski definition) is 5. The number of nitrogens with zero attached hydrogens (tertiary/aromatic N) is 3. The molecule has 0 aliphatic carbocycles. The summed E-state index contributed by atoms with van der Waals surface area (Å²) in [6.07, 6.45) is 3.27. The molecule has 1 aromatic carbocycles. The lowest BCUT2D eigenvalue weighted by Gasteiger charge is -2.22. The summed E-state index contributed by atoms with van der Waals surface area (Å²) in [5.41, 5.74) is -0.251. The van der Waals surface area contributed by atoms with Crippen LogP contribution in [0.2, 0.25) is 0 Å². The summed E-state index contributed by atoms with van der Waals surface area (Å²) in [6, 6.07) is 4.62. The first kappa shape index (κ1) is 15.5. The largest absolute Gasteiger partial charge is 0.383 e. The maximum atomic E-state index is 11.0. The van der Waals surface area contributed by atoms with Gasteiger partial charge >= 0.3 is 0 Å². The molecule has 2 N–H and O–H groups in total. The Morgan fingerprint density at radius 2 is 2.29 bits per heavy atom. The van der Waals surface area contributed by atoms with Crippen molar-refractivity contribution in [3.05, 3.63) is 50.7 Å². The molecule has 1 aromatic heterocycles. The summed E-state index contributed by atoms with van der Waals surface area (Å²) in [7, 11) is 1.76. The number of nitro benzene ring substituents is 1. The molecule has 1 atom stereocenters. The van der Waals surface area contributed by atoms with Crippen LogP contribution in [-0.2, 0) is 12.6 Å². The predicted molar refractivity (Wildman–Crippen MR) is 82.1 cm³/mol. The molecule has 0 radical (unpaired) electrons. The van der Waals surface area contributed by atoms with Crippen LogP contribution >= 0.6 is 15.9 Å². The summed E-state index contributed by atoms with van der Waals surface area (Å²) in [5, 5.41) is 28.4. The molecule has 0 bridgehead atoms. The Balaban J connectivity index is 2.19. The summed E-state index contributed by atoms with van der Waals surface area (Å²) >= 11 is 3.28. The lowest BCUT2D eigenvalue weighted by Crippen LogP contribution is -2.30. The third kappa shape index (κ3) is 3.59. The normalized spacial score (nSPS) is 13.7. The average molecular weight is 355 g/mol. The number of nitro groups is 1. The summed E-state index contributed by atoms with van der Waals surface area (Å²) in [5.74, 6) is 0. The zero-order valence-electron chi connectivity index (χ0n) is 11.6. The Labute approximate surface area is 129 Å². The minimum Gasteiger partial charge on any atom is -0.383 e. The van der Waals surface area contributed by atoms with Gasteiger partial charge in [-0.3, -0.25) is 14.8 Å². The molecule has 8 heteroatoms. The molecule has 7 nitrogen and oxygen atoms in total. The highest BCUT2D eigenvalue weighted by atomic mass is 79.9. The second kappa shape index (κ2) is 5.82. The number of anilines is 1. The van der Waals surface area contributed by atoms with Crippen molar-refractivity contribution in [1.29, 1.82) is 0 Å². The van der Waals surface area contributed by atoms with Crippen LogP contribution in [0.15, 0.2) is 35.1 Å². The van der Waals surface area contributed by atoms with Crippen molar-refractivity contribution in [2.45, 2.75) is 12.5 Å². The monoisotopic (exact) mass is 354 g/mol. The molecule has 2 aromatic rings. The maximum absolute atomic E-state index is 11.0. The Bertz CT molecular complexity index is 669. The minimum absolute atomic E-state index is 0.0415. The van der Waals surface area contributed by atoms with Crippen molar-refractivity contribution in [3.63, 3.8) is 0 Å². The molecule has 1 heterocycles. The molecule has 0 saturated heterocycles. The van der Waals surface area contributed by atoms with E-state index >= 15 is 0 Å². The van der Waals surface area contributed by atoms with E-state index in [2.05, 4.69) is 26.3 Å². The van der Waals surface area contributed by atoms with Crippen LogP contribution in [0.1, 0.15) is 12.5 Å². The lowest BCUT2D eigenvalue weighted by molar-refractivity contribution is -0.384. The molecule has 112 valence electrons. The first-order chi connectivity index (χ1) is 9.79. The highest BCUT2D eigenvalue weighted by Crippen LogP contribution is 2.29. The van der Waals surface area contributed by atoms with Gasteiger partial charge in [0.05, 0.1) is 11.1 Å². The van der Waals surface area contributed by atoms with Crippen LogP contribution in [0, 0.1) is 10.1 Å². The Morgan fingerprint density at radius 1 is 1.57 bits per heavy atom. The van der Waals surface area contributed by atoms with Gasteiger partial charge in [-0.05, 0) is 19.1 Å². The summed E-state index contributed by atoms with van der Waals surface area (Å²) < 4.78 is 2.31. The van der Waals surface area contributed by atoms with Crippen molar-refractivity contribution in [3.8, 4) is 0 Å². The molecule has 0 saturated carbocycles. The van der Waals surface area contributed by atoms with Crippen LogP contribution in [0.5, 0.6) is 0 Å². The summed E-state index contributed by atoms with van der Waals surface area (Å²) in [6.45, 7) is 1.75. The van der Waals surface area contributed by atoms with Gasteiger partial charge in [0.2, 0.25) is 0 Å². The van der Waals surface area contributed by atoms with Crippen molar-refractivity contribution in [1.82, 2.24) is 9.78 Å². The number of rotatable bonds is 5. The number of aliphatic hydroxyl groups is 1. The molecule has 0 amide bonds. The van der Waals surface area contributed by atoms with Gasteiger partial charge < -0.3 is 10.4 Å². The van der Waals surface area contributed by atoms with E-state index in [4.69, 9.17) is 0 Å². The van der Waals surface area contributed by atoms with Crippen molar-refractivity contribution >= 4 is 27.3 Å². The molecule has 0 aliphatic rings. The van der Waals surface area contributed by atoms with Crippen LogP contribution < -0.4 is 5.32 Å². The van der Waals surface area contributed by atoms with Gasteiger partial charge in [-0.15, -0.1) is 0 Å². The number of aromatic nitrogens is 2. The van der Waals surface area contributed by atoms with E-state index < -0.39 is 10.5 Å². The van der Waals surface area contributed by atoms with Crippen LogP contribution in [0.3, 0.4) is 0 Å². The summed E-state index contributed by atoms with van der Waals surface area (Å²) in [4.78, 5) is 10.5. The third-order valence-electron chi connectivity index (χ3n) is 3.11. The minimum atomic E-state index is -1.19. The number of aryl methyl sites for hydroxylation is 1. The van der Waals surface area contributed by atoms with Crippen molar-refractivity contribution in [2.75, 3.05) is 11.9 Å². The van der Waals surface area contributed by atoms with E-state index in [1.807, 2.05) is 0 Å². The number of halogens is 1. The first-order valence-electron chi connectivity index (χ1n) is 6.19. The van der Waals surface area contributed by atoms with E-state index in [9.17, 15) is 15.2 Å². The van der Waals surface area contributed by atoms with Gasteiger partial charge in [-0.25, -0.2) is 0 Å². The van der Waals surface area contributed by atoms with E-state index in [-0.39, 0.29) is 12.2 Å². The maximum Gasteiger partial charge on any atom is 0.292 e. The fourth-order valence-electron chi connectivity index (χ4n) is 1.88. The highest BCUT2D eigenvalue weighted by Gasteiger charge is 2.26. The fraction of sp³-hybridized carbons (Fsp3) is 0.308. The van der Waals surface area contributed by atoms with E-state index in [1.165, 1.54) is 6.07 Å². The van der Waals surface area contributed by atoms with Crippen LogP contribution in [-0.4, -0.2) is 26.4 Å². The van der Waals surface area contributed by atoms with Gasteiger partial charge in [0.1, 0.15) is 11.3 Å². The van der Waals surface area contributed by atoms with Gasteiger partial charge in [-0.1, -0.05) is 15.9 Å². The van der Waals surface area contributed by atoms with Gasteiger partial charge in [0, 0.05) is 35.9 Å². The molecule has 0 spiro atoms. The second-order valence-corrected chi connectivity index (χ2v) is 5.86. The van der Waals surface area contributed by atoms with Crippen LogP contribution in [0.4, 0.5) is 11.4 Å². The molecule has 2 rings (SSSR count). The smallest absolute Gasteiger partial charge is 0.292 e. The Morgan fingerprint density at radius 3 is 2.86 bits per heavy atom. The number of hydrogen-bond donors (Lipinski definition) is 2. The Hall–Kier alpha value is -1.93. The Kier molecular flexibility index (Phi) is 4.29. The zero-order valence-corrected chi connectivity index (χ0v) is 13.2. The van der Waals surface area contributed by atoms with Gasteiger partial charge in [0.15, 0.2) is 0 Å². The highest BCUT2D eigenvalue weighted by molar-refractivity contribution is 9.10. The number of benzene rings is 1. The molecule has 0 fully saturated rings. The van der Waals surface area contributed by atoms with E-state index in [0.29, 0.717) is 11.3 Å². The van der Waals surface area contributed by atoms with Gasteiger partial charge in [0.25, 0.3) is 5.69 Å². The quantitative estimate of drug-likeness (QED) is 0.635. The number of nitrogens with one attached hydrogen (secondary N) is 1. The second-order valence-electron chi connectivity index (χ2n) is 4.95. The zero-order chi connectivity index (χ0) is 15.6. The molecular formula is C13H15BrN4O3. The van der Waals surface area contributed by atoms with Gasteiger partial charge in [-0.2, -0.15) is 5.10 Å². The molecule has 1 unspecified atom stereocenters. The third-order valence-corrected chi connectivity index (χ3v) is 3.60. The van der Waals surface area contributed by atoms with Crippen molar-refractivity contribution in [2.24, 2.45) is 7.05 Å². The lowest BCUT2D eigenvalue weighted by atomic mass is 9.99. The predicted octanol–water partition coefficient (Wildman–Crippen LogP) is 2.41. The van der Waals surface area contributed by atoms with E-state index in [0.717, 1.165) is 4.47 Å². The molecular weight excluding hydrogens is 340 g/mol. The SMILES string of the molecule is Cn1cc(C(C)(O)CNc2cc(Br)ccc2[N+](=O)[O-])cn1. The molecule has 0 aliphatic heterocycles. The first-order valence-corrected chi connectivity index (χ1v) is 6.98. The van der Waals surface area contributed by atoms with Crippen molar-refractivity contribution < 1.29 is 10.0 Å². The molecule has 21 heavy (non-hydrogen) atoms. The fourth-order valence-corrected chi connectivity index (χ4v) is 2.24. The standard InChI is InChI=1S/C13H15BrN4O3/c1-13(19,9-6-16-17(2)7-9)8-15-11-5-10(14)3-4-12(11)18(20)21/h3-7,15,19H,8H2,1-2H3.